The van der Waals surface area contributed by atoms with Crippen molar-refractivity contribution < 1.29 is 4.79 Å². The van der Waals surface area contributed by atoms with Gasteiger partial charge in [0.15, 0.2) is 5.78 Å². The van der Waals surface area contributed by atoms with Crippen molar-refractivity contribution in [3.05, 3.63) is 53.6 Å². The largest absolute Gasteiger partial charge is 0.290 e. The van der Waals surface area contributed by atoms with Gasteiger partial charge in [0.25, 0.3) is 0 Å². The Balaban J connectivity index is 2.04. The number of rotatable bonds is 2. The minimum Gasteiger partial charge on any atom is -0.290 e. The van der Waals surface area contributed by atoms with Crippen LogP contribution in [-0.2, 0) is 4.79 Å². The third-order valence-corrected chi connectivity index (χ3v) is 2.94. The van der Waals surface area contributed by atoms with Crippen LogP contribution in [0.2, 0.25) is 5.02 Å². The predicted octanol–water partition coefficient (Wildman–Crippen LogP) is 3.48. The van der Waals surface area contributed by atoms with Crippen LogP contribution < -0.4 is 0 Å². The minimum absolute atomic E-state index is 0.00422. The van der Waals surface area contributed by atoms with Gasteiger partial charge in [0.1, 0.15) is 0 Å². The molecular weight excluding hydrogens is 242 g/mol. The van der Waals surface area contributed by atoms with E-state index in [2.05, 4.69) is 4.40 Å². The number of allylic oxidation sites excluding steroid dienone is 4. The van der Waals surface area contributed by atoms with Gasteiger partial charge in [-0.2, -0.15) is 0 Å². The molecule has 0 fully saturated rings. The highest BCUT2D eigenvalue weighted by Crippen LogP contribution is 2.21. The van der Waals surface area contributed by atoms with E-state index in [9.17, 15) is 4.79 Å². The molecule has 0 bridgehead atoms. The van der Waals surface area contributed by atoms with Crippen molar-refractivity contribution in [3.63, 3.8) is 0 Å². The summed E-state index contributed by atoms with van der Waals surface area (Å²) in [4.78, 5) is 11.9. The van der Waals surface area contributed by atoms with Crippen LogP contribution in [0.15, 0.2) is 57.9 Å². The number of halogens is 1. The molecule has 1 aromatic carbocycles. The first-order valence-corrected chi connectivity index (χ1v) is 5.80. The molecule has 0 unspecified atom stereocenters. The van der Waals surface area contributed by atoms with Crippen LogP contribution >= 0.6 is 23.5 Å². The van der Waals surface area contributed by atoms with E-state index >= 15 is 0 Å². The Morgan fingerprint density at radius 3 is 2.25 bits per heavy atom. The van der Waals surface area contributed by atoms with Gasteiger partial charge in [0.2, 0.25) is 0 Å². The van der Waals surface area contributed by atoms with Gasteiger partial charge < -0.3 is 0 Å². The second-order valence-electron chi connectivity index (χ2n) is 3.13. The minimum atomic E-state index is -0.00422. The molecule has 2 nitrogen and oxygen atoms in total. The predicted molar refractivity (Wildman–Crippen MR) is 68.0 cm³/mol. The zero-order valence-electron chi connectivity index (χ0n) is 8.26. The Morgan fingerprint density at radius 2 is 1.62 bits per heavy atom. The Morgan fingerprint density at radius 1 is 1.00 bits per heavy atom. The summed E-state index contributed by atoms with van der Waals surface area (Å²) in [5.41, 5.74) is 0.777. The average Bonchev–Trinajstić information content (AvgIpc) is 2.30. The summed E-state index contributed by atoms with van der Waals surface area (Å²) in [6.45, 7) is 0. The molecule has 0 amide bonds. The van der Waals surface area contributed by atoms with E-state index in [-0.39, 0.29) is 5.78 Å². The first-order valence-electron chi connectivity index (χ1n) is 4.65. The van der Waals surface area contributed by atoms with Crippen LogP contribution in [-0.4, -0.2) is 11.5 Å². The van der Waals surface area contributed by atoms with Gasteiger partial charge in [-0.1, -0.05) is 11.6 Å². The van der Waals surface area contributed by atoms with Crippen LogP contribution in [0.25, 0.3) is 0 Å². The standard InChI is InChI=1S/C12H8ClNOS/c13-9-1-7-12(8-2-9)16-14-10-3-5-11(15)6-4-10/h1-8H. The molecule has 16 heavy (non-hydrogen) atoms. The monoisotopic (exact) mass is 249 g/mol. The zero-order valence-corrected chi connectivity index (χ0v) is 9.83. The van der Waals surface area contributed by atoms with Crippen molar-refractivity contribution in [3.8, 4) is 0 Å². The number of ketones is 1. The first kappa shape index (κ1) is 11.2. The molecule has 80 valence electrons. The number of hydrogen-bond acceptors (Lipinski definition) is 3. The summed E-state index contributed by atoms with van der Waals surface area (Å²) in [5, 5.41) is 0.708. The lowest BCUT2D eigenvalue weighted by molar-refractivity contribution is -0.110. The van der Waals surface area contributed by atoms with Crippen LogP contribution in [0.5, 0.6) is 0 Å². The van der Waals surface area contributed by atoms with E-state index in [4.69, 9.17) is 11.6 Å². The summed E-state index contributed by atoms with van der Waals surface area (Å²) in [5.74, 6) is -0.00422. The Bertz CT molecular complexity index is 470. The lowest BCUT2D eigenvalue weighted by Crippen LogP contribution is -1.97. The molecule has 0 atom stereocenters. The van der Waals surface area contributed by atoms with Crippen molar-refractivity contribution in [2.24, 2.45) is 4.40 Å². The third-order valence-electron chi connectivity index (χ3n) is 1.91. The molecule has 1 aliphatic rings. The number of carbonyl (C=O) groups excluding carboxylic acids is 1. The van der Waals surface area contributed by atoms with Gasteiger partial charge in [0.05, 0.1) is 5.71 Å². The molecule has 4 heteroatoms. The quantitative estimate of drug-likeness (QED) is 0.593. The van der Waals surface area contributed by atoms with E-state index in [1.54, 1.807) is 12.2 Å². The highest BCUT2D eigenvalue weighted by molar-refractivity contribution is 7.98. The molecule has 0 radical (unpaired) electrons. The zero-order chi connectivity index (χ0) is 11.4. The van der Waals surface area contributed by atoms with Crippen molar-refractivity contribution >= 4 is 35.0 Å². The van der Waals surface area contributed by atoms with Gasteiger partial charge >= 0.3 is 0 Å². The van der Waals surface area contributed by atoms with Crippen LogP contribution in [0.1, 0.15) is 0 Å². The Labute approximate surface area is 103 Å². The van der Waals surface area contributed by atoms with Crippen molar-refractivity contribution in [1.29, 1.82) is 0 Å². The molecule has 0 aliphatic heterocycles. The molecule has 0 spiro atoms. The van der Waals surface area contributed by atoms with Crippen molar-refractivity contribution in [2.45, 2.75) is 4.90 Å². The van der Waals surface area contributed by atoms with E-state index < -0.39 is 0 Å². The van der Waals surface area contributed by atoms with E-state index in [1.807, 2.05) is 24.3 Å². The Kier molecular flexibility index (Phi) is 3.59. The number of nitrogens with zero attached hydrogens (tertiary/aromatic N) is 1. The smallest absolute Gasteiger partial charge is 0.178 e. The third kappa shape index (κ3) is 3.08. The summed E-state index contributed by atoms with van der Waals surface area (Å²) >= 11 is 7.12. The topological polar surface area (TPSA) is 29.4 Å². The molecule has 1 aliphatic carbocycles. The molecular formula is C12H8ClNOS. The maximum absolute atomic E-state index is 10.9. The normalized spacial score (nSPS) is 14.3. The van der Waals surface area contributed by atoms with E-state index in [1.165, 1.54) is 24.1 Å². The molecule has 0 heterocycles. The summed E-state index contributed by atoms with van der Waals surface area (Å²) in [6.07, 6.45) is 6.40. The fourth-order valence-electron chi connectivity index (χ4n) is 1.11. The van der Waals surface area contributed by atoms with Crippen LogP contribution in [0.3, 0.4) is 0 Å². The van der Waals surface area contributed by atoms with Gasteiger partial charge in [-0.3, -0.25) is 4.79 Å². The van der Waals surface area contributed by atoms with Crippen LogP contribution in [0.4, 0.5) is 0 Å². The van der Waals surface area contributed by atoms with Crippen molar-refractivity contribution in [2.75, 3.05) is 0 Å². The van der Waals surface area contributed by atoms with Crippen molar-refractivity contribution in [1.82, 2.24) is 0 Å². The van der Waals surface area contributed by atoms with Gasteiger partial charge in [-0.25, -0.2) is 4.40 Å². The lowest BCUT2D eigenvalue weighted by atomic mass is 10.2. The molecule has 1 aromatic rings. The second kappa shape index (κ2) is 5.14. The fourth-order valence-corrected chi connectivity index (χ4v) is 1.82. The van der Waals surface area contributed by atoms with Gasteiger partial charge in [-0.05, 0) is 48.6 Å². The summed E-state index contributed by atoms with van der Waals surface area (Å²) in [6, 6.07) is 7.44. The number of benzene rings is 1. The molecule has 0 N–H and O–H groups in total. The second-order valence-corrected chi connectivity index (χ2v) is 4.40. The van der Waals surface area contributed by atoms with Gasteiger partial charge in [-0.15, -0.1) is 0 Å². The molecule has 0 saturated carbocycles. The first-order chi connectivity index (χ1) is 7.74. The Hall–Kier alpha value is -1.32. The fraction of sp³-hybridized carbons (Fsp3) is 0. The van der Waals surface area contributed by atoms with E-state index in [0.717, 1.165) is 10.6 Å². The van der Waals surface area contributed by atoms with Gasteiger partial charge in [0, 0.05) is 21.9 Å². The van der Waals surface area contributed by atoms with E-state index in [0.29, 0.717) is 5.02 Å². The maximum Gasteiger partial charge on any atom is 0.178 e. The maximum atomic E-state index is 10.9. The molecule has 0 saturated heterocycles. The highest BCUT2D eigenvalue weighted by atomic mass is 35.5. The average molecular weight is 250 g/mol. The lowest BCUT2D eigenvalue weighted by Gasteiger charge is -1.99. The van der Waals surface area contributed by atoms with Crippen LogP contribution in [0, 0.1) is 0 Å². The SMILES string of the molecule is O=C1C=CC(=NSc2ccc(Cl)cc2)C=C1. The number of carbonyl (C=O) groups is 1. The summed E-state index contributed by atoms with van der Waals surface area (Å²) < 4.78 is 4.28. The molecule has 0 aromatic heterocycles. The number of hydrogen-bond donors (Lipinski definition) is 0. The summed E-state index contributed by atoms with van der Waals surface area (Å²) in [7, 11) is 0. The highest BCUT2D eigenvalue weighted by Gasteiger charge is 1.99. The molecule has 2 rings (SSSR count).